The fourth-order valence-corrected chi connectivity index (χ4v) is 2.54. The lowest BCUT2D eigenvalue weighted by molar-refractivity contribution is -0.137. The molecule has 1 aromatic rings. The van der Waals surface area contributed by atoms with Crippen LogP contribution in [0.5, 0.6) is 0 Å². The van der Waals surface area contributed by atoms with E-state index in [9.17, 15) is 18.0 Å². The van der Waals surface area contributed by atoms with Gasteiger partial charge in [-0.3, -0.25) is 4.79 Å². The van der Waals surface area contributed by atoms with Crippen molar-refractivity contribution >= 4 is 11.6 Å². The Morgan fingerprint density at radius 2 is 2.00 bits per heavy atom. The van der Waals surface area contributed by atoms with Crippen LogP contribution in [0.1, 0.15) is 31.7 Å². The second kappa shape index (κ2) is 7.13. The third-order valence-electron chi connectivity index (χ3n) is 4.01. The molecule has 1 saturated heterocycles. The Morgan fingerprint density at radius 3 is 2.64 bits per heavy atom. The molecule has 1 aliphatic rings. The van der Waals surface area contributed by atoms with Crippen LogP contribution in [0.2, 0.25) is 0 Å². The summed E-state index contributed by atoms with van der Waals surface area (Å²) < 4.78 is 37.8. The molecular weight excluding hydrogens is 293 g/mol. The molecule has 0 radical (unpaired) electrons. The number of hydrogen-bond acceptors (Lipinski definition) is 2. The van der Waals surface area contributed by atoms with Crippen LogP contribution in [0, 0.1) is 5.92 Å². The van der Waals surface area contributed by atoms with Gasteiger partial charge in [0.15, 0.2) is 0 Å². The summed E-state index contributed by atoms with van der Waals surface area (Å²) in [5.74, 6) is 0.480. The van der Waals surface area contributed by atoms with E-state index in [2.05, 4.69) is 17.1 Å². The maximum atomic E-state index is 12.6. The summed E-state index contributed by atoms with van der Waals surface area (Å²) in [6.45, 7) is 4.84. The molecule has 22 heavy (non-hydrogen) atoms. The normalized spacial score (nSPS) is 17.5. The number of nitrogens with zero attached hydrogens (tertiary/aromatic N) is 1. The summed E-state index contributed by atoms with van der Waals surface area (Å²) in [4.78, 5) is 14.1. The molecule has 122 valence electrons. The predicted molar refractivity (Wildman–Crippen MR) is 79.5 cm³/mol. The Morgan fingerprint density at radius 1 is 1.32 bits per heavy atom. The molecule has 1 N–H and O–H groups in total. The van der Waals surface area contributed by atoms with Crippen LogP contribution in [0.15, 0.2) is 24.3 Å². The Kier molecular flexibility index (Phi) is 5.45. The SMILES string of the molecule is CC1CCN(CCC(=O)Nc2cccc(C(F)(F)F)c2)CC1. The first-order valence-electron chi connectivity index (χ1n) is 7.54. The summed E-state index contributed by atoms with van der Waals surface area (Å²) in [5.41, 5.74) is -0.567. The number of rotatable bonds is 4. The van der Waals surface area contributed by atoms with Crippen molar-refractivity contribution in [2.24, 2.45) is 5.92 Å². The van der Waals surface area contributed by atoms with Crippen molar-refractivity contribution in [3.63, 3.8) is 0 Å². The third kappa shape index (κ3) is 5.02. The molecule has 1 fully saturated rings. The highest BCUT2D eigenvalue weighted by Gasteiger charge is 2.30. The number of alkyl halides is 3. The van der Waals surface area contributed by atoms with Crippen molar-refractivity contribution in [1.82, 2.24) is 4.90 Å². The van der Waals surface area contributed by atoms with Crippen LogP contribution in [-0.4, -0.2) is 30.4 Å². The first-order valence-corrected chi connectivity index (χ1v) is 7.54. The molecule has 0 spiro atoms. The first-order chi connectivity index (χ1) is 10.3. The van der Waals surface area contributed by atoms with E-state index in [1.54, 1.807) is 0 Å². The topological polar surface area (TPSA) is 32.3 Å². The molecule has 1 aromatic carbocycles. The lowest BCUT2D eigenvalue weighted by Gasteiger charge is -2.29. The zero-order valence-electron chi connectivity index (χ0n) is 12.6. The average molecular weight is 314 g/mol. The van der Waals surface area contributed by atoms with Gasteiger partial charge < -0.3 is 10.2 Å². The number of hydrogen-bond donors (Lipinski definition) is 1. The Hall–Kier alpha value is -1.56. The van der Waals surface area contributed by atoms with Gasteiger partial charge >= 0.3 is 6.18 Å². The number of carbonyl (C=O) groups is 1. The van der Waals surface area contributed by atoms with Crippen LogP contribution < -0.4 is 5.32 Å². The molecule has 0 aromatic heterocycles. The van der Waals surface area contributed by atoms with Crippen molar-refractivity contribution < 1.29 is 18.0 Å². The van der Waals surface area contributed by atoms with Crippen LogP contribution in [0.4, 0.5) is 18.9 Å². The molecule has 0 unspecified atom stereocenters. The maximum Gasteiger partial charge on any atom is 0.416 e. The Labute approximate surface area is 128 Å². The number of anilines is 1. The van der Waals surface area contributed by atoms with E-state index < -0.39 is 11.7 Å². The van der Waals surface area contributed by atoms with E-state index in [-0.39, 0.29) is 11.6 Å². The number of halogens is 3. The highest BCUT2D eigenvalue weighted by molar-refractivity contribution is 5.90. The summed E-state index contributed by atoms with van der Waals surface area (Å²) in [7, 11) is 0. The maximum absolute atomic E-state index is 12.6. The smallest absolute Gasteiger partial charge is 0.326 e. The number of carbonyl (C=O) groups excluding carboxylic acids is 1. The molecule has 1 aliphatic heterocycles. The minimum Gasteiger partial charge on any atom is -0.326 e. The van der Waals surface area contributed by atoms with Gasteiger partial charge in [0.05, 0.1) is 5.56 Å². The van der Waals surface area contributed by atoms with E-state index in [1.165, 1.54) is 12.1 Å². The lowest BCUT2D eigenvalue weighted by atomic mass is 9.99. The fraction of sp³-hybridized carbons (Fsp3) is 0.562. The second-order valence-electron chi connectivity index (χ2n) is 5.90. The van der Waals surface area contributed by atoms with Gasteiger partial charge in [-0.25, -0.2) is 0 Å². The van der Waals surface area contributed by atoms with Gasteiger partial charge in [0, 0.05) is 18.7 Å². The van der Waals surface area contributed by atoms with Crippen LogP contribution in [0.25, 0.3) is 0 Å². The van der Waals surface area contributed by atoms with Gasteiger partial charge in [0.2, 0.25) is 5.91 Å². The van der Waals surface area contributed by atoms with Crippen molar-refractivity contribution in [1.29, 1.82) is 0 Å². The number of likely N-dealkylation sites (tertiary alicyclic amines) is 1. The van der Waals surface area contributed by atoms with Crippen molar-refractivity contribution in [2.75, 3.05) is 25.0 Å². The van der Waals surface area contributed by atoms with E-state index in [0.29, 0.717) is 13.0 Å². The van der Waals surface area contributed by atoms with Crippen molar-refractivity contribution in [3.8, 4) is 0 Å². The molecule has 1 heterocycles. The molecule has 0 aliphatic carbocycles. The number of benzene rings is 1. The quantitative estimate of drug-likeness (QED) is 0.917. The summed E-state index contributed by atoms with van der Waals surface area (Å²) >= 11 is 0. The highest BCUT2D eigenvalue weighted by atomic mass is 19.4. The molecule has 3 nitrogen and oxygen atoms in total. The van der Waals surface area contributed by atoms with Crippen molar-refractivity contribution in [2.45, 2.75) is 32.4 Å². The lowest BCUT2D eigenvalue weighted by Crippen LogP contribution is -2.35. The largest absolute Gasteiger partial charge is 0.416 e. The average Bonchev–Trinajstić information content (AvgIpc) is 2.46. The van der Waals surface area contributed by atoms with Crippen LogP contribution >= 0.6 is 0 Å². The zero-order chi connectivity index (χ0) is 16.2. The summed E-state index contributed by atoms with van der Waals surface area (Å²) in [6.07, 6.45) is -1.83. The monoisotopic (exact) mass is 314 g/mol. The van der Waals surface area contributed by atoms with Crippen molar-refractivity contribution in [3.05, 3.63) is 29.8 Å². The molecule has 0 bridgehead atoms. The molecular formula is C16H21F3N2O. The van der Waals surface area contributed by atoms with Gasteiger partial charge in [-0.15, -0.1) is 0 Å². The minimum atomic E-state index is -4.40. The third-order valence-corrected chi connectivity index (χ3v) is 4.01. The van der Waals surface area contributed by atoms with Crippen LogP contribution in [0.3, 0.4) is 0 Å². The number of nitrogens with one attached hydrogen (secondary N) is 1. The second-order valence-corrected chi connectivity index (χ2v) is 5.90. The van der Waals surface area contributed by atoms with E-state index >= 15 is 0 Å². The minimum absolute atomic E-state index is 0.187. The Bertz CT molecular complexity index is 508. The summed E-state index contributed by atoms with van der Waals surface area (Å²) in [5, 5.41) is 2.54. The first kappa shape index (κ1) is 16.8. The predicted octanol–water partition coefficient (Wildman–Crippen LogP) is 3.77. The summed E-state index contributed by atoms with van der Waals surface area (Å²) in [6, 6.07) is 4.71. The zero-order valence-corrected chi connectivity index (χ0v) is 12.6. The van der Waals surface area contributed by atoms with Gasteiger partial charge in [-0.2, -0.15) is 13.2 Å². The van der Waals surface area contributed by atoms with Gasteiger partial charge in [0.25, 0.3) is 0 Å². The van der Waals surface area contributed by atoms with E-state index in [4.69, 9.17) is 0 Å². The molecule has 1 amide bonds. The molecule has 2 rings (SSSR count). The molecule has 6 heteroatoms. The van der Waals surface area contributed by atoms with Crippen LogP contribution in [-0.2, 0) is 11.0 Å². The molecule has 0 atom stereocenters. The highest BCUT2D eigenvalue weighted by Crippen LogP contribution is 2.30. The van der Waals surface area contributed by atoms with Gasteiger partial charge in [-0.1, -0.05) is 13.0 Å². The standard InChI is InChI=1S/C16H21F3N2O/c1-12-5-8-21(9-6-12)10-7-15(22)20-14-4-2-3-13(11-14)16(17,18)19/h2-4,11-12H,5-10H2,1H3,(H,20,22). The van der Waals surface area contributed by atoms with Gasteiger partial charge in [0.1, 0.15) is 0 Å². The van der Waals surface area contributed by atoms with Gasteiger partial charge in [-0.05, 0) is 50.0 Å². The van der Waals surface area contributed by atoms with E-state index in [0.717, 1.165) is 44.0 Å². The number of amides is 1. The molecule has 0 saturated carbocycles. The van der Waals surface area contributed by atoms with E-state index in [1.807, 2.05) is 0 Å². The Balaban J connectivity index is 1.82. The fourth-order valence-electron chi connectivity index (χ4n) is 2.54. The number of piperidine rings is 1.